The monoisotopic (exact) mass is 321 g/mol. The lowest BCUT2D eigenvalue weighted by molar-refractivity contribution is 0.0940. The smallest absolute Gasteiger partial charge is 0.269 e. The molecule has 0 bridgehead atoms. The number of carbonyl (C=O) groups is 1. The van der Waals surface area contributed by atoms with Crippen molar-refractivity contribution in [2.75, 3.05) is 46.3 Å². The quantitative estimate of drug-likeness (QED) is 0.825. The fourth-order valence-corrected chi connectivity index (χ4v) is 2.71. The van der Waals surface area contributed by atoms with Crippen LogP contribution in [-0.4, -0.2) is 71.8 Å². The molecule has 23 heavy (non-hydrogen) atoms. The molecule has 1 aliphatic heterocycles. The van der Waals surface area contributed by atoms with E-state index in [0.29, 0.717) is 12.2 Å². The third-order valence-corrected chi connectivity index (χ3v) is 4.41. The van der Waals surface area contributed by atoms with E-state index in [0.717, 1.165) is 44.8 Å². The minimum Gasteiger partial charge on any atom is -0.351 e. The van der Waals surface area contributed by atoms with E-state index >= 15 is 0 Å². The molecule has 0 spiro atoms. The Morgan fingerprint density at radius 1 is 1.22 bits per heavy atom. The van der Waals surface area contributed by atoms with E-state index in [9.17, 15) is 4.79 Å². The Labute approximate surface area is 139 Å². The number of amides is 1. The van der Waals surface area contributed by atoms with E-state index in [1.807, 2.05) is 13.1 Å². The zero-order chi connectivity index (χ0) is 17.0. The number of carbonyl (C=O) groups excluding carboxylic acids is 1. The molecule has 2 heterocycles. The second-order valence-corrected chi connectivity index (χ2v) is 7.54. The van der Waals surface area contributed by atoms with E-state index in [2.05, 4.69) is 48.0 Å². The molecule has 2 rings (SSSR count). The molecular formula is C17H31N5O. The lowest BCUT2D eigenvalue weighted by atomic mass is 9.92. The number of piperazine rings is 1. The Morgan fingerprint density at radius 2 is 1.87 bits per heavy atom. The molecule has 0 unspecified atom stereocenters. The van der Waals surface area contributed by atoms with Gasteiger partial charge in [-0.25, -0.2) is 0 Å². The summed E-state index contributed by atoms with van der Waals surface area (Å²) in [7, 11) is 3.99. The summed E-state index contributed by atoms with van der Waals surface area (Å²) in [6.07, 6.45) is 0.986. The molecule has 130 valence electrons. The maximum Gasteiger partial charge on any atom is 0.269 e. The third kappa shape index (κ3) is 5.04. The first-order chi connectivity index (χ1) is 10.8. The summed E-state index contributed by atoms with van der Waals surface area (Å²) in [6.45, 7) is 12.6. The fraction of sp³-hybridized carbons (Fsp3) is 0.765. The number of aryl methyl sites for hydroxylation is 1. The van der Waals surface area contributed by atoms with Crippen molar-refractivity contribution in [1.82, 2.24) is 24.9 Å². The van der Waals surface area contributed by atoms with Gasteiger partial charge in [-0.1, -0.05) is 20.8 Å². The van der Waals surface area contributed by atoms with Crippen LogP contribution in [-0.2, 0) is 12.5 Å². The van der Waals surface area contributed by atoms with Crippen molar-refractivity contribution in [3.8, 4) is 0 Å². The Hall–Kier alpha value is -1.40. The summed E-state index contributed by atoms with van der Waals surface area (Å²) in [6, 6.07) is 1.90. The topological polar surface area (TPSA) is 53.4 Å². The summed E-state index contributed by atoms with van der Waals surface area (Å²) in [5, 5.41) is 7.47. The first-order valence-corrected chi connectivity index (χ1v) is 8.51. The van der Waals surface area contributed by atoms with E-state index in [1.165, 1.54) is 0 Å². The Balaban J connectivity index is 1.76. The van der Waals surface area contributed by atoms with Crippen molar-refractivity contribution in [2.45, 2.75) is 32.6 Å². The van der Waals surface area contributed by atoms with E-state index < -0.39 is 0 Å². The summed E-state index contributed by atoms with van der Waals surface area (Å²) in [5.41, 5.74) is 1.54. The minimum atomic E-state index is -0.0439. The summed E-state index contributed by atoms with van der Waals surface area (Å²) >= 11 is 0. The Kier molecular flexibility index (Phi) is 5.81. The van der Waals surface area contributed by atoms with Crippen LogP contribution in [0.15, 0.2) is 6.07 Å². The minimum absolute atomic E-state index is 0.0334. The number of aromatic nitrogens is 2. The number of nitrogens with one attached hydrogen (secondary N) is 1. The lowest BCUT2D eigenvalue weighted by Crippen LogP contribution is -2.45. The van der Waals surface area contributed by atoms with Crippen LogP contribution in [0, 0.1) is 0 Å². The van der Waals surface area contributed by atoms with Crippen LogP contribution in [0.3, 0.4) is 0 Å². The molecule has 1 aromatic rings. The van der Waals surface area contributed by atoms with Gasteiger partial charge in [0.05, 0.1) is 5.69 Å². The van der Waals surface area contributed by atoms with Crippen LogP contribution in [0.4, 0.5) is 0 Å². The molecule has 1 aliphatic rings. The molecule has 1 amide bonds. The lowest BCUT2D eigenvalue weighted by Gasteiger charge is -2.32. The Morgan fingerprint density at radius 3 is 2.43 bits per heavy atom. The molecule has 1 saturated heterocycles. The zero-order valence-electron chi connectivity index (χ0n) is 15.2. The molecule has 1 fully saturated rings. The molecule has 0 aromatic carbocycles. The van der Waals surface area contributed by atoms with Gasteiger partial charge in [0.1, 0.15) is 5.69 Å². The van der Waals surface area contributed by atoms with Gasteiger partial charge in [-0.05, 0) is 26.1 Å². The van der Waals surface area contributed by atoms with E-state index in [4.69, 9.17) is 0 Å². The third-order valence-electron chi connectivity index (χ3n) is 4.41. The SMILES string of the molecule is CN1CCN(CCCNC(=O)c2cc(C(C)(C)C)nn2C)CC1. The Bertz CT molecular complexity index is 524. The molecule has 1 N–H and O–H groups in total. The van der Waals surface area contributed by atoms with Gasteiger partial charge in [0, 0.05) is 45.2 Å². The largest absolute Gasteiger partial charge is 0.351 e. The predicted molar refractivity (Wildman–Crippen MR) is 92.8 cm³/mol. The van der Waals surface area contributed by atoms with E-state index in [1.54, 1.807) is 4.68 Å². The number of likely N-dealkylation sites (N-methyl/N-ethyl adjacent to an activating group) is 1. The van der Waals surface area contributed by atoms with Gasteiger partial charge in [-0.15, -0.1) is 0 Å². The van der Waals surface area contributed by atoms with Crippen molar-refractivity contribution < 1.29 is 4.79 Å². The molecule has 1 aromatic heterocycles. The van der Waals surface area contributed by atoms with Crippen LogP contribution in [0.25, 0.3) is 0 Å². The molecule has 6 heteroatoms. The van der Waals surface area contributed by atoms with Crippen molar-refractivity contribution >= 4 is 5.91 Å². The number of hydrogen-bond donors (Lipinski definition) is 1. The van der Waals surface area contributed by atoms with Crippen molar-refractivity contribution in [1.29, 1.82) is 0 Å². The summed E-state index contributed by atoms with van der Waals surface area (Å²) in [5.74, 6) is -0.0334. The second-order valence-electron chi connectivity index (χ2n) is 7.54. The van der Waals surface area contributed by atoms with Gasteiger partial charge in [-0.2, -0.15) is 5.10 Å². The van der Waals surface area contributed by atoms with Gasteiger partial charge < -0.3 is 15.1 Å². The first-order valence-electron chi connectivity index (χ1n) is 8.51. The first kappa shape index (κ1) is 17.9. The second kappa shape index (κ2) is 7.45. The highest BCUT2D eigenvalue weighted by Crippen LogP contribution is 2.21. The van der Waals surface area contributed by atoms with Crippen LogP contribution in [0.1, 0.15) is 43.4 Å². The average molecular weight is 321 g/mol. The number of nitrogens with zero attached hydrogens (tertiary/aromatic N) is 4. The van der Waals surface area contributed by atoms with Crippen LogP contribution >= 0.6 is 0 Å². The van der Waals surface area contributed by atoms with Crippen LogP contribution in [0.2, 0.25) is 0 Å². The van der Waals surface area contributed by atoms with Gasteiger partial charge in [0.15, 0.2) is 0 Å². The molecule has 0 aliphatic carbocycles. The van der Waals surface area contributed by atoms with Crippen LogP contribution < -0.4 is 5.32 Å². The molecule has 0 atom stereocenters. The highest BCUT2D eigenvalue weighted by Gasteiger charge is 2.21. The van der Waals surface area contributed by atoms with Gasteiger partial charge in [0.25, 0.3) is 5.91 Å². The van der Waals surface area contributed by atoms with Crippen molar-refractivity contribution in [3.05, 3.63) is 17.5 Å². The zero-order valence-corrected chi connectivity index (χ0v) is 15.2. The molecule has 6 nitrogen and oxygen atoms in total. The maximum absolute atomic E-state index is 12.3. The standard InChI is InChI=1S/C17H31N5O/c1-17(2,3)15-13-14(21(5)19-15)16(23)18-7-6-8-22-11-9-20(4)10-12-22/h13H,6-12H2,1-5H3,(H,18,23). The highest BCUT2D eigenvalue weighted by atomic mass is 16.2. The predicted octanol–water partition coefficient (Wildman–Crippen LogP) is 1.08. The maximum atomic E-state index is 12.3. The molecule has 0 radical (unpaired) electrons. The normalized spacial score (nSPS) is 17.4. The fourth-order valence-electron chi connectivity index (χ4n) is 2.71. The van der Waals surface area contributed by atoms with Crippen LogP contribution in [0.5, 0.6) is 0 Å². The number of rotatable bonds is 5. The van der Waals surface area contributed by atoms with Crippen molar-refractivity contribution in [3.63, 3.8) is 0 Å². The van der Waals surface area contributed by atoms with Gasteiger partial charge in [-0.3, -0.25) is 9.48 Å². The van der Waals surface area contributed by atoms with Crippen molar-refractivity contribution in [2.24, 2.45) is 7.05 Å². The highest BCUT2D eigenvalue weighted by molar-refractivity contribution is 5.92. The molecule has 0 saturated carbocycles. The molecular weight excluding hydrogens is 290 g/mol. The average Bonchev–Trinajstić information content (AvgIpc) is 2.87. The van der Waals surface area contributed by atoms with Gasteiger partial charge >= 0.3 is 0 Å². The van der Waals surface area contributed by atoms with E-state index in [-0.39, 0.29) is 11.3 Å². The summed E-state index contributed by atoms with van der Waals surface area (Å²) < 4.78 is 1.68. The van der Waals surface area contributed by atoms with Gasteiger partial charge in [0.2, 0.25) is 0 Å². The summed E-state index contributed by atoms with van der Waals surface area (Å²) in [4.78, 5) is 17.1. The number of hydrogen-bond acceptors (Lipinski definition) is 4.